The van der Waals surface area contributed by atoms with Gasteiger partial charge in [0.1, 0.15) is 0 Å². The van der Waals surface area contributed by atoms with Gasteiger partial charge in [0, 0.05) is 4.88 Å². The number of hydrogen-bond acceptors (Lipinski definition) is 2. The Balaban J connectivity index is 1.82. The Labute approximate surface area is 77.4 Å². The van der Waals surface area contributed by atoms with E-state index >= 15 is 0 Å². The topological polar surface area (TPSA) is 9.23 Å². The molecule has 66 valence electrons. The summed E-state index contributed by atoms with van der Waals surface area (Å²) in [5.41, 5.74) is 0.198. The van der Waals surface area contributed by atoms with E-state index in [1.54, 1.807) is 0 Å². The Morgan fingerprint density at radius 1 is 1.67 bits per heavy atom. The van der Waals surface area contributed by atoms with Gasteiger partial charge in [-0.1, -0.05) is 6.07 Å². The summed E-state index contributed by atoms with van der Waals surface area (Å²) in [6.07, 6.45) is 3.58. The van der Waals surface area contributed by atoms with Gasteiger partial charge in [-0.2, -0.15) is 0 Å². The van der Waals surface area contributed by atoms with E-state index in [2.05, 4.69) is 24.4 Å². The molecule has 0 bridgehead atoms. The van der Waals surface area contributed by atoms with Gasteiger partial charge < -0.3 is 4.74 Å². The Morgan fingerprint density at radius 3 is 3.00 bits per heavy atom. The molecule has 0 radical (unpaired) electrons. The molecule has 1 saturated heterocycles. The van der Waals surface area contributed by atoms with E-state index in [-0.39, 0.29) is 5.60 Å². The van der Waals surface area contributed by atoms with Crippen molar-refractivity contribution >= 4 is 11.3 Å². The fourth-order valence-corrected chi connectivity index (χ4v) is 2.20. The van der Waals surface area contributed by atoms with E-state index in [9.17, 15) is 0 Å². The van der Waals surface area contributed by atoms with E-state index in [0.717, 1.165) is 6.61 Å². The van der Waals surface area contributed by atoms with Crippen molar-refractivity contribution < 1.29 is 4.74 Å². The van der Waals surface area contributed by atoms with Gasteiger partial charge in [-0.3, -0.25) is 0 Å². The monoisotopic (exact) mass is 182 g/mol. The quantitative estimate of drug-likeness (QED) is 0.698. The number of aryl methyl sites for hydroxylation is 1. The molecule has 1 unspecified atom stereocenters. The van der Waals surface area contributed by atoms with E-state index in [1.165, 1.54) is 24.1 Å². The second-order valence-electron chi connectivity index (χ2n) is 3.63. The highest BCUT2D eigenvalue weighted by atomic mass is 32.1. The van der Waals surface area contributed by atoms with Crippen LogP contribution in [0.15, 0.2) is 17.5 Å². The van der Waals surface area contributed by atoms with Gasteiger partial charge in [-0.05, 0) is 37.6 Å². The lowest BCUT2D eigenvalue weighted by Crippen LogP contribution is -2.40. The molecule has 1 aromatic heterocycles. The normalized spacial score (nSPS) is 28.4. The third-order valence-electron chi connectivity index (χ3n) is 2.56. The van der Waals surface area contributed by atoms with E-state index in [4.69, 9.17) is 4.74 Å². The predicted molar refractivity (Wildman–Crippen MR) is 51.6 cm³/mol. The highest BCUT2D eigenvalue weighted by Gasteiger charge is 2.32. The zero-order valence-electron chi connectivity index (χ0n) is 7.38. The third-order valence-corrected chi connectivity index (χ3v) is 3.50. The summed E-state index contributed by atoms with van der Waals surface area (Å²) < 4.78 is 5.52. The Morgan fingerprint density at radius 2 is 2.50 bits per heavy atom. The zero-order valence-corrected chi connectivity index (χ0v) is 8.19. The maximum Gasteiger partial charge on any atom is 0.0679 e. The first kappa shape index (κ1) is 8.27. The van der Waals surface area contributed by atoms with Gasteiger partial charge in [0.15, 0.2) is 0 Å². The standard InChI is InChI=1S/C10H14OS/c1-10(6-7-11-10)5-4-9-3-2-8-12-9/h2-3,8H,4-7H2,1H3. The molecule has 0 saturated carbocycles. The molecular formula is C10H14OS. The summed E-state index contributed by atoms with van der Waals surface area (Å²) in [5, 5.41) is 2.14. The van der Waals surface area contributed by atoms with E-state index in [1.807, 2.05) is 11.3 Å². The lowest BCUT2D eigenvalue weighted by molar-refractivity contribution is -0.137. The van der Waals surface area contributed by atoms with Crippen molar-refractivity contribution in [2.24, 2.45) is 0 Å². The third kappa shape index (κ3) is 1.70. The minimum atomic E-state index is 0.198. The number of thiophene rings is 1. The molecule has 0 aromatic carbocycles. The van der Waals surface area contributed by atoms with Crippen molar-refractivity contribution in [3.05, 3.63) is 22.4 Å². The maximum absolute atomic E-state index is 5.52. The van der Waals surface area contributed by atoms with Crippen molar-refractivity contribution in [2.75, 3.05) is 6.61 Å². The van der Waals surface area contributed by atoms with Crippen molar-refractivity contribution in [2.45, 2.75) is 31.8 Å². The Hall–Kier alpha value is -0.340. The van der Waals surface area contributed by atoms with Gasteiger partial charge in [0.2, 0.25) is 0 Å². The minimum absolute atomic E-state index is 0.198. The maximum atomic E-state index is 5.52. The van der Waals surface area contributed by atoms with Crippen LogP contribution in [0.2, 0.25) is 0 Å². The molecule has 0 aliphatic carbocycles. The highest BCUT2D eigenvalue weighted by Crippen LogP contribution is 2.31. The predicted octanol–water partition coefficient (Wildman–Crippen LogP) is 2.86. The summed E-state index contributed by atoms with van der Waals surface area (Å²) in [6.45, 7) is 3.17. The number of ether oxygens (including phenoxy) is 1. The Bertz CT molecular complexity index is 236. The van der Waals surface area contributed by atoms with Crippen molar-refractivity contribution in [3.8, 4) is 0 Å². The summed E-state index contributed by atoms with van der Waals surface area (Å²) >= 11 is 1.84. The average molecular weight is 182 g/mol. The van der Waals surface area contributed by atoms with E-state index in [0.29, 0.717) is 0 Å². The van der Waals surface area contributed by atoms with Crippen LogP contribution in [0.3, 0.4) is 0 Å². The second kappa shape index (κ2) is 3.19. The minimum Gasteiger partial charge on any atom is -0.375 e. The molecule has 0 N–H and O–H groups in total. The molecule has 1 atom stereocenters. The van der Waals surface area contributed by atoms with Crippen LogP contribution in [0.25, 0.3) is 0 Å². The lowest BCUT2D eigenvalue weighted by atomic mass is 9.91. The molecule has 2 heterocycles. The molecule has 1 aromatic rings. The van der Waals surface area contributed by atoms with Gasteiger partial charge >= 0.3 is 0 Å². The molecule has 12 heavy (non-hydrogen) atoms. The Kier molecular flexibility index (Phi) is 2.20. The first-order chi connectivity index (χ1) is 5.79. The first-order valence-corrected chi connectivity index (χ1v) is 5.33. The second-order valence-corrected chi connectivity index (χ2v) is 4.66. The van der Waals surface area contributed by atoms with Crippen molar-refractivity contribution in [1.29, 1.82) is 0 Å². The van der Waals surface area contributed by atoms with Gasteiger partial charge in [-0.25, -0.2) is 0 Å². The van der Waals surface area contributed by atoms with Crippen LogP contribution in [-0.2, 0) is 11.2 Å². The fourth-order valence-electron chi connectivity index (χ4n) is 1.49. The van der Waals surface area contributed by atoms with Crippen LogP contribution in [-0.4, -0.2) is 12.2 Å². The smallest absolute Gasteiger partial charge is 0.0679 e. The fraction of sp³-hybridized carbons (Fsp3) is 0.600. The first-order valence-electron chi connectivity index (χ1n) is 4.45. The molecule has 2 rings (SSSR count). The van der Waals surface area contributed by atoms with Crippen molar-refractivity contribution in [3.63, 3.8) is 0 Å². The SMILES string of the molecule is CC1(CCc2cccs2)CCO1. The van der Waals surface area contributed by atoms with Crippen LogP contribution in [0.1, 0.15) is 24.6 Å². The van der Waals surface area contributed by atoms with E-state index < -0.39 is 0 Å². The summed E-state index contributed by atoms with van der Waals surface area (Å²) in [7, 11) is 0. The van der Waals surface area contributed by atoms with Gasteiger partial charge in [-0.15, -0.1) is 11.3 Å². The van der Waals surface area contributed by atoms with Gasteiger partial charge in [0.05, 0.1) is 12.2 Å². The zero-order chi connectivity index (χ0) is 8.44. The molecular weight excluding hydrogens is 168 g/mol. The molecule has 1 aliphatic heterocycles. The average Bonchev–Trinajstić information content (AvgIpc) is 2.49. The van der Waals surface area contributed by atoms with Crippen LogP contribution in [0.5, 0.6) is 0 Å². The van der Waals surface area contributed by atoms with Crippen LogP contribution >= 0.6 is 11.3 Å². The number of rotatable bonds is 3. The molecule has 0 spiro atoms. The van der Waals surface area contributed by atoms with Gasteiger partial charge in [0.25, 0.3) is 0 Å². The summed E-state index contributed by atoms with van der Waals surface area (Å²) in [4.78, 5) is 1.48. The summed E-state index contributed by atoms with van der Waals surface area (Å²) in [6, 6.07) is 4.32. The van der Waals surface area contributed by atoms with Crippen LogP contribution in [0, 0.1) is 0 Å². The van der Waals surface area contributed by atoms with Crippen LogP contribution < -0.4 is 0 Å². The molecule has 2 heteroatoms. The van der Waals surface area contributed by atoms with Crippen LogP contribution in [0.4, 0.5) is 0 Å². The highest BCUT2D eigenvalue weighted by molar-refractivity contribution is 7.09. The molecule has 1 aliphatic rings. The summed E-state index contributed by atoms with van der Waals surface area (Å²) in [5.74, 6) is 0. The molecule has 0 amide bonds. The largest absolute Gasteiger partial charge is 0.375 e. The molecule has 1 fully saturated rings. The number of hydrogen-bond donors (Lipinski definition) is 0. The van der Waals surface area contributed by atoms with Crippen molar-refractivity contribution in [1.82, 2.24) is 0 Å². The lowest BCUT2D eigenvalue weighted by Gasteiger charge is -2.38. The molecule has 1 nitrogen and oxygen atoms in total.